The third kappa shape index (κ3) is 4.88. The predicted octanol–water partition coefficient (Wildman–Crippen LogP) is 18.8. The fourth-order valence-corrected chi connectivity index (χ4v) is 12.7. The van der Waals surface area contributed by atoms with Crippen LogP contribution in [0.1, 0.15) is 22.3 Å². The minimum absolute atomic E-state index is 1.24. The molecule has 14 aromatic carbocycles. The van der Waals surface area contributed by atoms with Gasteiger partial charge in [0.25, 0.3) is 0 Å². The largest absolute Gasteiger partial charge is 0.0622 e. The van der Waals surface area contributed by atoms with E-state index in [1.807, 2.05) is 0 Å². The van der Waals surface area contributed by atoms with Crippen molar-refractivity contribution in [1.82, 2.24) is 0 Å². The quantitative estimate of drug-likeness (QED) is 0.155. The zero-order valence-corrected chi connectivity index (χ0v) is 37.5. The summed E-state index contributed by atoms with van der Waals surface area (Å²) in [6, 6.07) is 73.4. The number of aryl methyl sites for hydroxylation is 4. The van der Waals surface area contributed by atoms with Gasteiger partial charge in [0.15, 0.2) is 0 Å². The molecule has 0 spiro atoms. The first-order chi connectivity index (χ1) is 32.5. The van der Waals surface area contributed by atoms with Gasteiger partial charge in [-0.25, -0.2) is 0 Å². The molecule has 0 saturated carbocycles. The summed E-state index contributed by atoms with van der Waals surface area (Å²) in [5.41, 5.74) is 15.7. The van der Waals surface area contributed by atoms with Gasteiger partial charge in [-0.3, -0.25) is 0 Å². The van der Waals surface area contributed by atoms with Gasteiger partial charge in [-0.05, 0) is 204 Å². The highest BCUT2D eigenvalue weighted by molar-refractivity contribution is 6.47. The molecule has 0 fully saturated rings. The van der Waals surface area contributed by atoms with E-state index < -0.39 is 0 Å². The lowest BCUT2D eigenvalue weighted by atomic mass is 9.82. The van der Waals surface area contributed by atoms with Crippen molar-refractivity contribution >= 4 is 97.0 Å². The van der Waals surface area contributed by atoms with E-state index in [0.717, 1.165) is 0 Å². The molecule has 0 heterocycles. The second kappa shape index (κ2) is 13.7. The normalized spacial score (nSPS) is 12.2. The van der Waals surface area contributed by atoms with E-state index in [9.17, 15) is 0 Å². The summed E-state index contributed by atoms with van der Waals surface area (Å²) >= 11 is 0. The summed E-state index contributed by atoms with van der Waals surface area (Å²) < 4.78 is 0. The van der Waals surface area contributed by atoms with Crippen LogP contribution in [0.15, 0.2) is 194 Å². The number of benzene rings is 12. The molecular formula is C66H44. The van der Waals surface area contributed by atoms with Crippen LogP contribution in [-0.4, -0.2) is 0 Å². The number of hydrogen-bond acceptors (Lipinski definition) is 0. The summed E-state index contributed by atoms with van der Waals surface area (Å²) in [6.07, 6.45) is 0. The van der Waals surface area contributed by atoms with Crippen molar-refractivity contribution in [2.45, 2.75) is 27.7 Å². The molecular weight excluding hydrogens is 793 g/mol. The van der Waals surface area contributed by atoms with Gasteiger partial charge < -0.3 is 0 Å². The van der Waals surface area contributed by atoms with Crippen LogP contribution in [-0.2, 0) is 0 Å². The van der Waals surface area contributed by atoms with Crippen LogP contribution >= 0.6 is 0 Å². The van der Waals surface area contributed by atoms with Gasteiger partial charge in [-0.1, -0.05) is 182 Å². The van der Waals surface area contributed by atoms with Gasteiger partial charge in [0.2, 0.25) is 0 Å². The fourth-order valence-electron chi connectivity index (χ4n) is 12.7. The van der Waals surface area contributed by atoms with E-state index in [-0.39, 0.29) is 0 Å². The van der Waals surface area contributed by atoms with Crippen molar-refractivity contribution in [2.24, 2.45) is 0 Å². The molecule has 0 amide bonds. The summed E-state index contributed by atoms with van der Waals surface area (Å²) in [5.74, 6) is 0. The van der Waals surface area contributed by atoms with Crippen LogP contribution in [0.5, 0.6) is 0 Å². The molecule has 0 bridgehead atoms. The van der Waals surface area contributed by atoms with Crippen molar-refractivity contribution in [2.75, 3.05) is 0 Å². The third-order valence-electron chi connectivity index (χ3n) is 15.2. The zero-order chi connectivity index (χ0) is 43.9. The molecule has 0 atom stereocenters. The molecule has 0 unspecified atom stereocenters. The summed E-state index contributed by atoms with van der Waals surface area (Å²) in [6.45, 7) is 9.16. The molecule has 0 aromatic heterocycles. The number of hydrogen-bond donors (Lipinski definition) is 0. The van der Waals surface area contributed by atoms with Gasteiger partial charge in [-0.15, -0.1) is 0 Å². The van der Waals surface area contributed by atoms with Crippen LogP contribution < -0.4 is 0 Å². The van der Waals surface area contributed by atoms with E-state index in [1.54, 1.807) is 0 Å². The van der Waals surface area contributed by atoms with Crippen molar-refractivity contribution in [1.29, 1.82) is 0 Å². The molecule has 0 nitrogen and oxygen atoms in total. The highest BCUT2D eigenvalue weighted by Crippen LogP contribution is 2.57. The van der Waals surface area contributed by atoms with Crippen LogP contribution in [0.25, 0.3) is 141 Å². The molecule has 0 radical (unpaired) electrons. The summed E-state index contributed by atoms with van der Waals surface area (Å²) in [4.78, 5) is 0. The van der Waals surface area contributed by atoms with Gasteiger partial charge in [0.05, 0.1) is 0 Å². The third-order valence-corrected chi connectivity index (χ3v) is 15.2. The molecule has 0 aliphatic carbocycles. The second-order valence-electron chi connectivity index (χ2n) is 18.8. The Balaban J connectivity index is 1.26. The molecule has 0 aliphatic heterocycles. The van der Waals surface area contributed by atoms with Crippen LogP contribution in [0, 0.1) is 27.7 Å². The van der Waals surface area contributed by atoms with Crippen LogP contribution in [0.2, 0.25) is 0 Å². The Bertz CT molecular complexity index is 4300. The van der Waals surface area contributed by atoms with E-state index in [0.29, 0.717) is 0 Å². The lowest BCUT2D eigenvalue weighted by Gasteiger charge is -2.21. The average molecular weight is 837 g/mol. The van der Waals surface area contributed by atoms with E-state index in [2.05, 4.69) is 222 Å². The summed E-state index contributed by atoms with van der Waals surface area (Å²) in [5, 5.41) is 23.7. The second-order valence-corrected chi connectivity index (χ2v) is 18.8. The van der Waals surface area contributed by atoms with Crippen LogP contribution in [0.4, 0.5) is 0 Å². The molecule has 0 saturated heterocycles. The zero-order valence-electron chi connectivity index (χ0n) is 37.5. The average Bonchev–Trinajstić information content (AvgIpc) is 3.85. The lowest BCUT2D eigenvalue weighted by Crippen LogP contribution is -1.95. The highest BCUT2D eigenvalue weighted by atomic mass is 14.3. The SMILES string of the molecule is Cc1cccc(C)c1-c1c2ccccc2c(-c2c(C)cccc2C)c2c3cc4c(cc5c6c(-c7ccccc7)c7ccccc7c(-c7ccccc7)c6c6cccc4c65)c4cccc(c12)c43. The Hall–Kier alpha value is -8.06. The maximum Gasteiger partial charge on any atom is -0.000698 e. The molecule has 14 rings (SSSR count). The monoisotopic (exact) mass is 836 g/mol. The van der Waals surface area contributed by atoms with Crippen LogP contribution in [0.3, 0.4) is 0 Å². The molecule has 308 valence electrons. The summed E-state index contributed by atoms with van der Waals surface area (Å²) in [7, 11) is 0. The molecule has 66 heavy (non-hydrogen) atoms. The van der Waals surface area contributed by atoms with E-state index in [1.165, 1.54) is 164 Å². The maximum absolute atomic E-state index is 2.59. The number of rotatable bonds is 4. The maximum atomic E-state index is 2.59. The Morgan fingerprint density at radius 3 is 0.879 bits per heavy atom. The molecule has 0 heteroatoms. The minimum atomic E-state index is 1.24. The molecule has 14 aromatic rings. The smallest absolute Gasteiger partial charge is 0.000698 e. The van der Waals surface area contributed by atoms with E-state index in [4.69, 9.17) is 0 Å². The molecule has 0 N–H and O–H groups in total. The standard InChI is InChI=1S/C66H44/c1-37-19-15-20-38(2)55(37)61-45-29-13-14-30-46(45)62(56-39(3)21-16-22-40(56)4)66-54-36-52-47-31-17-33-49-59(47)53(35-51(52)48-32-18-34-50(60(48)54)64(61)66)65-58(42-25-9-6-10-26-42)44-28-12-11-27-43(44)57(63(49)65)41-23-7-5-8-24-41/h5-36H,1-4H3. The highest BCUT2D eigenvalue weighted by Gasteiger charge is 2.29. The molecule has 0 aliphatic rings. The van der Waals surface area contributed by atoms with Crippen molar-refractivity contribution < 1.29 is 0 Å². The van der Waals surface area contributed by atoms with Crippen molar-refractivity contribution in [3.05, 3.63) is 216 Å². The van der Waals surface area contributed by atoms with Crippen molar-refractivity contribution in [3.8, 4) is 44.5 Å². The topological polar surface area (TPSA) is 0 Å². The first-order valence-electron chi connectivity index (χ1n) is 23.4. The first kappa shape index (κ1) is 37.3. The minimum Gasteiger partial charge on any atom is -0.0622 e. The number of fused-ring (bicyclic) bond motifs is 11. The van der Waals surface area contributed by atoms with E-state index >= 15 is 0 Å². The Morgan fingerprint density at radius 1 is 0.182 bits per heavy atom. The predicted molar refractivity (Wildman–Crippen MR) is 287 cm³/mol. The lowest BCUT2D eigenvalue weighted by molar-refractivity contribution is 1.38. The fraction of sp³-hybridized carbons (Fsp3) is 0.0606. The Morgan fingerprint density at radius 2 is 0.470 bits per heavy atom. The van der Waals surface area contributed by atoms with Crippen molar-refractivity contribution in [3.63, 3.8) is 0 Å². The Kier molecular flexibility index (Phi) is 7.76. The van der Waals surface area contributed by atoms with Gasteiger partial charge in [-0.2, -0.15) is 0 Å². The Labute approximate surface area is 383 Å². The first-order valence-corrected chi connectivity index (χ1v) is 23.4. The van der Waals surface area contributed by atoms with Gasteiger partial charge in [0.1, 0.15) is 0 Å². The van der Waals surface area contributed by atoms with Gasteiger partial charge in [0, 0.05) is 0 Å². The van der Waals surface area contributed by atoms with Gasteiger partial charge >= 0.3 is 0 Å².